The first kappa shape index (κ1) is 17.2. The zero-order valence-corrected chi connectivity index (χ0v) is 11.9. The van der Waals surface area contributed by atoms with Gasteiger partial charge in [-0.3, -0.25) is 4.79 Å². The van der Waals surface area contributed by atoms with Gasteiger partial charge in [0.15, 0.2) is 11.5 Å². The van der Waals surface area contributed by atoms with Gasteiger partial charge in [0, 0.05) is 12.8 Å². The topological polar surface area (TPSA) is 52.6 Å². The van der Waals surface area contributed by atoms with Gasteiger partial charge in [0.25, 0.3) is 0 Å². The second-order valence-corrected chi connectivity index (χ2v) is 5.23. The molecule has 0 heterocycles. The highest BCUT2D eigenvalue weighted by molar-refractivity contribution is 5.83. The van der Waals surface area contributed by atoms with E-state index in [1.165, 1.54) is 6.07 Å². The summed E-state index contributed by atoms with van der Waals surface area (Å²) in [6, 6.07) is 3.50. The van der Waals surface area contributed by atoms with Crippen LogP contribution in [0.5, 0.6) is 11.5 Å². The first-order valence-corrected chi connectivity index (χ1v) is 6.88. The highest BCUT2D eigenvalue weighted by Crippen LogP contribution is 2.41. The summed E-state index contributed by atoms with van der Waals surface area (Å²) in [4.78, 5) is 22.9. The molecule has 0 spiro atoms. The van der Waals surface area contributed by atoms with Gasteiger partial charge in [-0.2, -0.15) is 17.6 Å². The van der Waals surface area contributed by atoms with Crippen LogP contribution in [-0.2, 0) is 15.0 Å². The van der Waals surface area contributed by atoms with Gasteiger partial charge in [0.1, 0.15) is 12.1 Å². The third-order valence-electron chi connectivity index (χ3n) is 3.88. The van der Waals surface area contributed by atoms with E-state index in [2.05, 4.69) is 9.47 Å². The third-order valence-corrected chi connectivity index (χ3v) is 3.88. The van der Waals surface area contributed by atoms with Crippen molar-refractivity contribution in [2.45, 2.75) is 44.3 Å². The predicted octanol–water partition coefficient (Wildman–Crippen LogP) is 3.47. The summed E-state index contributed by atoms with van der Waals surface area (Å²) in [5.41, 5.74) is -0.686. The predicted molar refractivity (Wildman–Crippen MR) is 70.9 cm³/mol. The van der Waals surface area contributed by atoms with E-state index in [0.29, 0.717) is 11.8 Å². The highest BCUT2D eigenvalue weighted by Gasteiger charge is 2.37. The van der Waals surface area contributed by atoms with E-state index in [1.54, 1.807) is 0 Å². The maximum Gasteiger partial charge on any atom is 0.387 e. The van der Waals surface area contributed by atoms with Crippen molar-refractivity contribution in [3.05, 3.63) is 23.8 Å². The zero-order chi connectivity index (χ0) is 17.0. The number of aldehydes is 1. The average Bonchev–Trinajstić information content (AvgIpc) is 2.49. The van der Waals surface area contributed by atoms with E-state index in [1.807, 2.05) is 0 Å². The molecule has 1 aromatic rings. The maximum atomic E-state index is 12.5. The maximum absolute atomic E-state index is 12.5. The molecule has 1 fully saturated rings. The average molecular weight is 334 g/mol. The minimum atomic E-state index is -3.23. The van der Waals surface area contributed by atoms with Gasteiger partial charge in [-0.25, -0.2) is 0 Å². The fourth-order valence-corrected chi connectivity index (χ4v) is 2.65. The Labute approximate surface area is 129 Å². The molecule has 1 saturated carbocycles. The van der Waals surface area contributed by atoms with Crippen LogP contribution in [0.15, 0.2) is 18.2 Å². The smallest absolute Gasteiger partial charge is 0.387 e. The summed E-state index contributed by atoms with van der Waals surface area (Å²) >= 11 is 0. The van der Waals surface area contributed by atoms with E-state index in [-0.39, 0.29) is 31.5 Å². The Hall–Kier alpha value is -2.12. The number of ketones is 1. The van der Waals surface area contributed by atoms with Crippen LogP contribution in [0.3, 0.4) is 0 Å². The fourth-order valence-electron chi connectivity index (χ4n) is 2.65. The number of hydrogen-bond donors (Lipinski definition) is 0. The summed E-state index contributed by atoms with van der Waals surface area (Å²) in [5.74, 6) is -1.10. The van der Waals surface area contributed by atoms with Gasteiger partial charge in [-0.05, 0) is 30.5 Å². The van der Waals surface area contributed by atoms with Crippen molar-refractivity contribution in [1.29, 1.82) is 0 Å². The summed E-state index contributed by atoms with van der Waals surface area (Å²) < 4.78 is 57.9. The van der Waals surface area contributed by atoms with Crippen LogP contribution in [-0.4, -0.2) is 25.3 Å². The first-order chi connectivity index (χ1) is 10.9. The summed E-state index contributed by atoms with van der Waals surface area (Å²) in [5, 5.41) is 0. The Balaban J connectivity index is 2.38. The monoisotopic (exact) mass is 334 g/mol. The number of Topliss-reactive ketones (excluding diaryl/α,β-unsaturated/α-hetero) is 1. The van der Waals surface area contributed by atoms with E-state index in [0.717, 1.165) is 12.1 Å². The molecule has 4 nitrogen and oxygen atoms in total. The van der Waals surface area contributed by atoms with Crippen LogP contribution in [0.1, 0.15) is 31.2 Å². The lowest BCUT2D eigenvalue weighted by Crippen LogP contribution is -2.33. The highest BCUT2D eigenvalue weighted by atomic mass is 19.3. The first-order valence-electron chi connectivity index (χ1n) is 6.88. The number of carbonyl (C=O) groups excluding carboxylic acids is 2. The fraction of sp³-hybridized carbons (Fsp3) is 0.467. The molecule has 1 aromatic carbocycles. The van der Waals surface area contributed by atoms with E-state index >= 15 is 0 Å². The molecule has 23 heavy (non-hydrogen) atoms. The second kappa shape index (κ2) is 6.97. The van der Waals surface area contributed by atoms with Crippen LogP contribution < -0.4 is 9.47 Å². The standard InChI is InChI=1S/C15H14F4O4/c16-13(17)22-11-2-1-9(7-12(11)23-14(18)19)15(8-20)5-3-10(21)4-6-15/h1-2,7-8,13-14H,3-6H2. The minimum Gasteiger partial charge on any atom is -0.431 e. The van der Waals surface area contributed by atoms with Crippen LogP contribution >= 0.6 is 0 Å². The molecule has 0 N–H and O–H groups in total. The number of rotatable bonds is 6. The Morgan fingerprint density at radius 3 is 2.09 bits per heavy atom. The Bertz CT molecular complexity index is 579. The molecule has 0 aromatic heterocycles. The Kier molecular flexibility index (Phi) is 5.23. The SMILES string of the molecule is O=CC1(c2ccc(OC(F)F)c(OC(F)F)c2)CCC(=O)CC1. The molecular weight excluding hydrogens is 320 g/mol. The molecule has 2 rings (SSSR count). The largest absolute Gasteiger partial charge is 0.431 e. The quantitative estimate of drug-likeness (QED) is 0.590. The summed E-state index contributed by atoms with van der Waals surface area (Å²) in [7, 11) is 0. The van der Waals surface area contributed by atoms with Gasteiger partial charge in [0.2, 0.25) is 0 Å². The second-order valence-electron chi connectivity index (χ2n) is 5.23. The van der Waals surface area contributed by atoms with Crippen LogP contribution in [0.4, 0.5) is 17.6 Å². The lowest BCUT2D eigenvalue weighted by molar-refractivity contribution is -0.123. The molecule has 0 aliphatic heterocycles. The molecule has 0 radical (unpaired) electrons. The third kappa shape index (κ3) is 4.00. The van der Waals surface area contributed by atoms with Gasteiger partial charge < -0.3 is 14.3 Å². The number of benzene rings is 1. The lowest BCUT2D eigenvalue weighted by atomic mass is 9.70. The molecule has 0 atom stereocenters. The van der Waals surface area contributed by atoms with E-state index < -0.39 is 30.1 Å². The van der Waals surface area contributed by atoms with Crippen molar-refractivity contribution in [1.82, 2.24) is 0 Å². The number of alkyl halides is 4. The molecule has 0 amide bonds. The number of halogens is 4. The van der Waals surface area contributed by atoms with Crippen LogP contribution in [0.25, 0.3) is 0 Å². The minimum absolute atomic E-state index is 0.0178. The number of hydrogen-bond acceptors (Lipinski definition) is 4. The van der Waals surface area contributed by atoms with Crippen molar-refractivity contribution in [2.75, 3.05) is 0 Å². The van der Waals surface area contributed by atoms with E-state index in [4.69, 9.17) is 0 Å². The number of ether oxygens (including phenoxy) is 2. The molecule has 1 aliphatic rings. The van der Waals surface area contributed by atoms with Gasteiger partial charge in [-0.1, -0.05) is 6.07 Å². The van der Waals surface area contributed by atoms with Crippen LogP contribution in [0.2, 0.25) is 0 Å². The number of carbonyl (C=O) groups is 2. The summed E-state index contributed by atoms with van der Waals surface area (Å²) in [6.45, 7) is -6.43. The molecule has 0 unspecified atom stereocenters. The van der Waals surface area contributed by atoms with E-state index in [9.17, 15) is 27.2 Å². The lowest BCUT2D eigenvalue weighted by Gasteiger charge is -2.32. The molecule has 0 saturated heterocycles. The van der Waals surface area contributed by atoms with Crippen LogP contribution in [0, 0.1) is 0 Å². The Morgan fingerprint density at radius 2 is 1.57 bits per heavy atom. The molecular formula is C15H14F4O4. The van der Waals surface area contributed by atoms with Crippen molar-refractivity contribution in [2.24, 2.45) is 0 Å². The molecule has 0 bridgehead atoms. The van der Waals surface area contributed by atoms with Gasteiger partial charge in [-0.15, -0.1) is 0 Å². The molecule has 126 valence electrons. The summed E-state index contributed by atoms with van der Waals surface area (Å²) in [6.07, 6.45) is 1.52. The van der Waals surface area contributed by atoms with Crippen molar-refractivity contribution in [3.8, 4) is 11.5 Å². The van der Waals surface area contributed by atoms with Crippen molar-refractivity contribution in [3.63, 3.8) is 0 Å². The molecule has 1 aliphatic carbocycles. The Morgan fingerprint density at radius 1 is 1.00 bits per heavy atom. The zero-order valence-electron chi connectivity index (χ0n) is 11.9. The van der Waals surface area contributed by atoms with Gasteiger partial charge >= 0.3 is 13.2 Å². The molecule has 8 heteroatoms. The van der Waals surface area contributed by atoms with Crippen molar-refractivity contribution >= 4 is 12.1 Å². The normalized spacial score (nSPS) is 17.4. The van der Waals surface area contributed by atoms with Crippen molar-refractivity contribution < 1.29 is 36.6 Å². The van der Waals surface area contributed by atoms with Gasteiger partial charge in [0.05, 0.1) is 5.41 Å².